The summed E-state index contributed by atoms with van der Waals surface area (Å²) < 4.78 is 0. The van der Waals surface area contributed by atoms with Crippen LogP contribution in [-0.4, -0.2) is 23.2 Å². The lowest BCUT2D eigenvalue weighted by molar-refractivity contribution is 0.713. The van der Waals surface area contributed by atoms with Crippen molar-refractivity contribution in [2.24, 2.45) is 9.98 Å². The van der Waals surface area contributed by atoms with Crippen molar-refractivity contribution in [3.63, 3.8) is 0 Å². The van der Waals surface area contributed by atoms with E-state index in [4.69, 9.17) is 51.4 Å². The van der Waals surface area contributed by atoms with Crippen molar-refractivity contribution >= 4 is 64.0 Å². The molecule has 0 radical (unpaired) electrons. The number of rotatable bonds is 4. The molecule has 4 rings (SSSR count). The Morgan fingerprint density at radius 2 is 1.43 bits per heavy atom. The minimum Gasteiger partial charge on any atom is -0.307 e. The summed E-state index contributed by atoms with van der Waals surface area (Å²) in [5.41, 5.74) is 2.78. The van der Waals surface area contributed by atoms with Gasteiger partial charge in [-0.2, -0.15) is 0 Å². The maximum absolute atomic E-state index is 6.38. The lowest BCUT2D eigenvalue weighted by Crippen LogP contribution is -2.32. The van der Waals surface area contributed by atoms with Crippen molar-refractivity contribution in [3.05, 3.63) is 104 Å². The van der Waals surface area contributed by atoms with Gasteiger partial charge in [-0.25, -0.2) is 9.98 Å². The summed E-state index contributed by atoms with van der Waals surface area (Å²) in [5, 5.41) is 2.04. The van der Waals surface area contributed by atoms with Crippen LogP contribution in [0.5, 0.6) is 0 Å². The van der Waals surface area contributed by atoms with E-state index in [1.807, 2.05) is 29.3 Å². The normalized spacial score (nSPS) is 16.2. The van der Waals surface area contributed by atoms with Crippen LogP contribution in [0.15, 0.2) is 83.2 Å². The van der Waals surface area contributed by atoms with Crippen LogP contribution >= 0.6 is 46.4 Å². The first-order chi connectivity index (χ1) is 14.5. The van der Waals surface area contributed by atoms with E-state index in [-0.39, 0.29) is 0 Å². The molecule has 1 unspecified atom stereocenters. The van der Waals surface area contributed by atoms with E-state index in [0.29, 0.717) is 36.9 Å². The smallest absolute Gasteiger partial charge is 0.220 e. The molecule has 1 aliphatic heterocycles. The van der Waals surface area contributed by atoms with E-state index in [1.165, 1.54) is 0 Å². The van der Waals surface area contributed by atoms with Crippen LogP contribution in [0.4, 0.5) is 5.69 Å². The summed E-state index contributed by atoms with van der Waals surface area (Å²) in [6.45, 7) is 0. The average molecular weight is 476 g/mol. The Morgan fingerprint density at radius 1 is 0.833 bits per heavy atom. The van der Waals surface area contributed by atoms with Crippen LogP contribution in [0.25, 0.3) is 0 Å². The molecule has 0 saturated heterocycles. The predicted molar refractivity (Wildman–Crippen MR) is 127 cm³/mol. The molecule has 4 nitrogen and oxygen atoms in total. The fourth-order valence-corrected chi connectivity index (χ4v) is 4.05. The summed E-state index contributed by atoms with van der Waals surface area (Å²) >= 11 is 25.3. The lowest BCUT2D eigenvalue weighted by atomic mass is 10.1. The highest BCUT2D eigenvalue weighted by molar-refractivity contribution is 6.41. The van der Waals surface area contributed by atoms with Gasteiger partial charge in [0.2, 0.25) is 6.29 Å². The van der Waals surface area contributed by atoms with E-state index in [2.05, 4.69) is 9.98 Å². The summed E-state index contributed by atoms with van der Waals surface area (Å²) in [6, 6.07) is 14.4. The Morgan fingerprint density at radius 3 is 2.07 bits per heavy atom. The molecule has 150 valence electrons. The minimum atomic E-state index is -0.618. The zero-order valence-corrected chi connectivity index (χ0v) is 18.4. The Balaban J connectivity index is 1.77. The van der Waals surface area contributed by atoms with Crippen molar-refractivity contribution in [1.29, 1.82) is 0 Å². The van der Waals surface area contributed by atoms with Gasteiger partial charge in [-0.15, -0.1) is 0 Å². The highest BCUT2D eigenvalue weighted by atomic mass is 35.5. The molecule has 30 heavy (non-hydrogen) atoms. The van der Waals surface area contributed by atoms with Gasteiger partial charge in [0, 0.05) is 41.6 Å². The van der Waals surface area contributed by atoms with Crippen molar-refractivity contribution in [2.45, 2.75) is 6.29 Å². The average Bonchev–Trinajstić information content (AvgIpc) is 2.74. The quantitative estimate of drug-likeness (QED) is 0.384. The monoisotopic (exact) mass is 474 g/mol. The Bertz CT molecular complexity index is 1120. The summed E-state index contributed by atoms with van der Waals surface area (Å²) in [7, 11) is 0. The van der Waals surface area contributed by atoms with Gasteiger partial charge in [0.15, 0.2) is 0 Å². The van der Waals surface area contributed by atoms with Crippen LogP contribution in [0.2, 0.25) is 20.1 Å². The fourth-order valence-electron chi connectivity index (χ4n) is 2.96. The first-order valence-corrected chi connectivity index (χ1v) is 10.4. The lowest BCUT2D eigenvalue weighted by Gasteiger charge is -2.28. The van der Waals surface area contributed by atoms with Crippen molar-refractivity contribution < 1.29 is 0 Å². The van der Waals surface area contributed by atoms with E-state index < -0.39 is 6.29 Å². The number of hydrogen-bond acceptors (Lipinski definition) is 4. The van der Waals surface area contributed by atoms with Crippen LogP contribution < -0.4 is 4.90 Å². The van der Waals surface area contributed by atoms with E-state index in [1.54, 1.807) is 55.0 Å². The van der Waals surface area contributed by atoms with Crippen LogP contribution in [0.1, 0.15) is 11.1 Å². The third-order valence-corrected chi connectivity index (χ3v) is 5.70. The predicted octanol–water partition coefficient (Wildman–Crippen LogP) is 6.92. The maximum Gasteiger partial charge on any atom is 0.220 e. The molecule has 2 aromatic carbocycles. The molecule has 0 saturated carbocycles. The zero-order chi connectivity index (χ0) is 21.1. The molecule has 0 aliphatic carbocycles. The van der Waals surface area contributed by atoms with E-state index >= 15 is 0 Å². The number of nitrogens with zero attached hydrogens (tertiary/aromatic N) is 4. The zero-order valence-electron chi connectivity index (χ0n) is 15.4. The van der Waals surface area contributed by atoms with Gasteiger partial charge in [0.05, 0.1) is 25.8 Å². The molecule has 8 heteroatoms. The SMILES string of the molecule is Clc1cccc(Cl)c1C=NC1N=C(c2c(Cl)cccc2Cl)C=CN1c1ccncc1. The first-order valence-electron chi connectivity index (χ1n) is 8.90. The summed E-state index contributed by atoms with van der Waals surface area (Å²) in [4.78, 5) is 15.4. The molecule has 1 aromatic heterocycles. The number of aromatic nitrogens is 1. The molecule has 0 N–H and O–H groups in total. The molecule has 3 aromatic rings. The molecule has 1 aliphatic rings. The number of allylic oxidation sites excluding steroid dienone is 1. The number of aliphatic imine (C=N–C) groups is 2. The van der Waals surface area contributed by atoms with Gasteiger partial charge in [0.25, 0.3) is 0 Å². The number of halogens is 4. The van der Waals surface area contributed by atoms with Gasteiger partial charge in [-0.05, 0) is 42.5 Å². The Hall–Kier alpha value is -2.37. The van der Waals surface area contributed by atoms with Gasteiger partial charge >= 0.3 is 0 Å². The minimum absolute atomic E-state index is 0.506. The molecule has 0 bridgehead atoms. The van der Waals surface area contributed by atoms with Crippen LogP contribution in [0, 0.1) is 0 Å². The highest BCUT2D eigenvalue weighted by Crippen LogP contribution is 2.29. The second-order valence-corrected chi connectivity index (χ2v) is 7.93. The molecular formula is C22H14Cl4N4. The topological polar surface area (TPSA) is 40.9 Å². The van der Waals surface area contributed by atoms with Gasteiger partial charge in [0.1, 0.15) is 0 Å². The van der Waals surface area contributed by atoms with Crippen molar-refractivity contribution in [3.8, 4) is 0 Å². The van der Waals surface area contributed by atoms with Gasteiger partial charge < -0.3 is 4.90 Å². The van der Waals surface area contributed by atoms with Gasteiger partial charge in [-0.3, -0.25) is 4.98 Å². The molecule has 0 amide bonds. The second-order valence-electron chi connectivity index (χ2n) is 6.30. The maximum atomic E-state index is 6.38. The number of benzene rings is 2. The molecule has 1 atom stereocenters. The third-order valence-electron chi connectivity index (χ3n) is 4.41. The molecular weight excluding hydrogens is 462 g/mol. The van der Waals surface area contributed by atoms with Gasteiger partial charge in [-0.1, -0.05) is 58.5 Å². The van der Waals surface area contributed by atoms with E-state index in [9.17, 15) is 0 Å². The van der Waals surface area contributed by atoms with E-state index in [0.717, 1.165) is 5.69 Å². The first kappa shape index (κ1) is 20.9. The Labute approximate surface area is 194 Å². The van der Waals surface area contributed by atoms with Crippen molar-refractivity contribution in [2.75, 3.05) is 4.90 Å². The molecule has 2 heterocycles. The Kier molecular flexibility index (Phi) is 6.40. The third kappa shape index (κ3) is 4.37. The largest absolute Gasteiger partial charge is 0.307 e. The molecule has 0 fully saturated rings. The number of pyridine rings is 1. The highest BCUT2D eigenvalue weighted by Gasteiger charge is 2.22. The fraction of sp³-hybridized carbons (Fsp3) is 0.0455. The summed E-state index contributed by atoms with van der Waals surface area (Å²) in [6.07, 6.45) is 8.15. The number of anilines is 1. The van der Waals surface area contributed by atoms with Crippen LogP contribution in [-0.2, 0) is 0 Å². The molecule has 0 spiro atoms. The van der Waals surface area contributed by atoms with Crippen LogP contribution in [0.3, 0.4) is 0 Å². The number of hydrogen-bond donors (Lipinski definition) is 0. The second kappa shape index (κ2) is 9.19. The van der Waals surface area contributed by atoms with Crippen molar-refractivity contribution in [1.82, 2.24) is 4.98 Å². The summed E-state index contributed by atoms with van der Waals surface area (Å²) in [5.74, 6) is 0. The standard InChI is InChI=1S/C22H14Cl4N4/c23-16-3-1-4-17(24)15(16)13-28-22-29-20(21-18(25)5-2-6-19(21)26)9-12-30(22)14-7-10-27-11-8-14/h1-13,22H.